The summed E-state index contributed by atoms with van der Waals surface area (Å²) in [6.07, 6.45) is 3.38. The van der Waals surface area contributed by atoms with Crippen molar-refractivity contribution in [3.8, 4) is 0 Å². The summed E-state index contributed by atoms with van der Waals surface area (Å²) in [5.41, 5.74) is 1.64. The summed E-state index contributed by atoms with van der Waals surface area (Å²) in [5.74, 6) is 0.493. The van der Waals surface area contributed by atoms with Gasteiger partial charge in [-0.1, -0.05) is 0 Å². The molecule has 16 heavy (non-hydrogen) atoms. The highest BCUT2D eigenvalue weighted by atomic mass is 32.1. The van der Waals surface area contributed by atoms with Gasteiger partial charge in [0.2, 0.25) is 0 Å². The molecule has 84 valence electrons. The maximum Gasteiger partial charge on any atom is 0.195 e. The Hall–Kier alpha value is -1.60. The minimum atomic E-state index is -0.160. The van der Waals surface area contributed by atoms with Crippen LogP contribution in [-0.4, -0.2) is 29.8 Å². The molecule has 7 heteroatoms. The van der Waals surface area contributed by atoms with Gasteiger partial charge in [-0.2, -0.15) is 5.10 Å². The van der Waals surface area contributed by atoms with E-state index >= 15 is 0 Å². The van der Waals surface area contributed by atoms with E-state index in [1.807, 2.05) is 6.92 Å². The fraction of sp³-hybridized carbons (Fsp3) is 0.333. The standard InChI is InChI=1S/C9H11N5OS/c1-6-2-11-7(3-10-6)4-14-8(5-15)12-13-9(14)16/h2-3,15H,4-5H2,1H3,(H,13,16). The fourth-order valence-corrected chi connectivity index (χ4v) is 1.51. The van der Waals surface area contributed by atoms with Crippen molar-refractivity contribution in [2.45, 2.75) is 20.1 Å². The minimum absolute atomic E-state index is 0.160. The van der Waals surface area contributed by atoms with E-state index in [2.05, 4.69) is 20.2 Å². The number of rotatable bonds is 3. The Balaban J connectivity index is 2.29. The van der Waals surface area contributed by atoms with Gasteiger partial charge >= 0.3 is 0 Å². The van der Waals surface area contributed by atoms with Crippen molar-refractivity contribution < 1.29 is 5.11 Å². The molecule has 0 aliphatic rings. The molecule has 2 heterocycles. The number of aryl methyl sites for hydroxylation is 1. The van der Waals surface area contributed by atoms with Gasteiger partial charge in [0.1, 0.15) is 6.61 Å². The molecule has 0 radical (unpaired) electrons. The predicted molar refractivity (Wildman–Crippen MR) is 59.2 cm³/mol. The van der Waals surface area contributed by atoms with Crippen LogP contribution in [0.2, 0.25) is 0 Å². The first kappa shape index (κ1) is 10.9. The van der Waals surface area contributed by atoms with Gasteiger partial charge in [-0.05, 0) is 19.1 Å². The lowest BCUT2D eigenvalue weighted by Gasteiger charge is -2.04. The van der Waals surface area contributed by atoms with Crippen molar-refractivity contribution in [2.24, 2.45) is 0 Å². The fourth-order valence-electron chi connectivity index (χ4n) is 1.30. The first-order valence-corrected chi connectivity index (χ1v) is 5.14. The lowest BCUT2D eigenvalue weighted by molar-refractivity contribution is 0.265. The summed E-state index contributed by atoms with van der Waals surface area (Å²) < 4.78 is 2.15. The van der Waals surface area contributed by atoms with Crippen LogP contribution < -0.4 is 0 Å². The minimum Gasteiger partial charge on any atom is -0.388 e. The summed E-state index contributed by atoms with van der Waals surface area (Å²) in [6.45, 7) is 2.17. The zero-order valence-electron chi connectivity index (χ0n) is 8.71. The molecule has 0 aliphatic heterocycles. The van der Waals surface area contributed by atoms with Gasteiger partial charge in [-0.15, -0.1) is 0 Å². The van der Waals surface area contributed by atoms with Crippen molar-refractivity contribution in [1.29, 1.82) is 0 Å². The van der Waals surface area contributed by atoms with Crippen LogP contribution in [0.3, 0.4) is 0 Å². The second kappa shape index (κ2) is 4.50. The molecule has 0 spiro atoms. The van der Waals surface area contributed by atoms with Crippen LogP contribution >= 0.6 is 12.2 Å². The van der Waals surface area contributed by atoms with Gasteiger partial charge < -0.3 is 5.11 Å². The second-order valence-corrected chi connectivity index (χ2v) is 3.73. The molecule has 0 saturated heterocycles. The Morgan fingerprint density at radius 3 is 2.88 bits per heavy atom. The van der Waals surface area contributed by atoms with Crippen molar-refractivity contribution >= 4 is 12.2 Å². The summed E-state index contributed by atoms with van der Waals surface area (Å²) in [5, 5.41) is 15.6. The summed E-state index contributed by atoms with van der Waals surface area (Å²) in [4.78, 5) is 8.36. The third kappa shape index (κ3) is 2.15. The van der Waals surface area contributed by atoms with Crippen molar-refractivity contribution in [2.75, 3.05) is 0 Å². The van der Waals surface area contributed by atoms with Crippen LogP contribution in [0.15, 0.2) is 12.4 Å². The molecule has 0 aromatic carbocycles. The smallest absolute Gasteiger partial charge is 0.195 e. The SMILES string of the molecule is Cc1cnc(Cn2c(CO)n[nH]c2=S)cn1. The number of aliphatic hydroxyl groups excluding tert-OH is 1. The molecule has 2 aromatic rings. The number of aliphatic hydroxyl groups is 1. The molecule has 0 fully saturated rings. The number of H-pyrrole nitrogens is 1. The Morgan fingerprint density at radius 2 is 2.25 bits per heavy atom. The lowest BCUT2D eigenvalue weighted by atomic mass is 10.4. The molecule has 0 unspecified atom stereocenters. The highest BCUT2D eigenvalue weighted by Crippen LogP contribution is 2.03. The van der Waals surface area contributed by atoms with E-state index < -0.39 is 0 Å². The predicted octanol–water partition coefficient (Wildman–Crippen LogP) is 0.580. The van der Waals surface area contributed by atoms with Gasteiger partial charge in [-0.3, -0.25) is 19.6 Å². The molecular weight excluding hydrogens is 226 g/mol. The lowest BCUT2D eigenvalue weighted by Crippen LogP contribution is -2.07. The molecule has 2 N–H and O–H groups in total. The zero-order chi connectivity index (χ0) is 11.5. The van der Waals surface area contributed by atoms with E-state index in [1.54, 1.807) is 17.0 Å². The Morgan fingerprint density at radius 1 is 1.44 bits per heavy atom. The highest BCUT2D eigenvalue weighted by molar-refractivity contribution is 7.71. The summed E-state index contributed by atoms with van der Waals surface area (Å²) >= 11 is 5.05. The van der Waals surface area contributed by atoms with E-state index in [4.69, 9.17) is 17.3 Å². The van der Waals surface area contributed by atoms with Gasteiger partial charge in [0, 0.05) is 6.20 Å². The van der Waals surface area contributed by atoms with Crippen molar-refractivity contribution in [3.05, 3.63) is 34.4 Å². The molecule has 6 nitrogen and oxygen atoms in total. The molecular formula is C9H11N5OS. The van der Waals surface area contributed by atoms with Crippen LogP contribution in [0, 0.1) is 11.7 Å². The van der Waals surface area contributed by atoms with E-state index in [-0.39, 0.29) is 6.61 Å². The number of aromatic amines is 1. The van der Waals surface area contributed by atoms with E-state index in [9.17, 15) is 0 Å². The van der Waals surface area contributed by atoms with Crippen LogP contribution in [0.5, 0.6) is 0 Å². The highest BCUT2D eigenvalue weighted by Gasteiger charge is 2.06. The first-order chi connectivity index (χ1) is 7.70. The largest absolute Gasteiger partial charge is 0.388 e. The quantitative estimate of drug-likeness (QED) is 0.763. The van der Waals surface area contributed by atoms with Crippen LogP contribution in [0.25, 0.3) is 0 Å². The maximum absolute atomic E-state index is 9.07. The van der Waals surface area contributed by atoms with Crippen LogP contribution in [-0.2, 0) is 13.2 Å². The molecule has 0 amide bonds. The number of hydrogen-bond donors (Lipinski definition) is 2. The Kier molecular flexibility index (Phi) is 3.07. The van der Waals surface area contributed by atoms with Gasteiger partial charge in [-0.25, -0.2) is 0 Å². The number of hydrogen-bond acceptors (Lipinski definition) is 5. The van der Waals surface area contributed by atoms with Gasteiger partial charge in [0.25, 0.3) is 0 Å². The molecule has 0 atom stereocenters. The monoisotopic (exact) mass is 237 g/mol. The summed E-state index contributed by atoms with van der Waals surface area (Å²) in [6, 6.07) is 0. The van der Waals surface area contributed by atoms with Gasteiger partial charge in [0.15, 0.2) is 10.6 Å². The van der Waals surface area contributed by atoms with Crippen molar-refractivity contribution in [3.63, 3.8) is 0 Å². The van der Waals surface area contributed by atoms with E-state index in [1.165, 1.54) is 0 Å². The number of nitrogens with zero attached hydrogens (tertiary/aromatic N) is 4. The third-order valence-corrected chi connectivity index (χ3v) is 2.44. The molecule has 0 aliphatic carbocycles. The van der Waals surface area contributed by atoms with Gasteiger partial charge in [0.05, 0.1) is 24.1 Å². The van der Waals surface area contributed by atoms with Crippen LogP contribution in [0.1, 0.15) is 17.2 Å². The average molecular weight is 237 g/mol. The van der Waals surface area contributed by atoms with Crippen molar-refractivity contribution in [1.82, 2.24) is 24.7 Å². The number of nitrogens with one attached hydrogen (secondary N) is 1. The Bertz CT molecular complexity index is 530. The van der Waals surface area contributed by atoms with E-state index in [0.717, 1.165) is 11.4 Å². The molecule has 2 rings (SSSR count). The van der Waals surface area contributed by atoms with E-state index in [0.29, 0.717) is 17.1 Å². The third-order valence-electron chi connectivity index (χ3n) is 2.13. The second-order valence-electron chi connectivity index (χ2n) is 3.34. The summed E-state index contributed by atoms with van der Waals surface area (Å²) in [7, 11) is 0. The molecule has 0 bridgehead atoms. The zero-order valence-corrected chi connectivity index (χ0v) is 9.53. The molecule has 0 saturated carbocycles. The maximum atomic E-state index is 9.07. The Labute approximate surface area is 97.0 Å². The average Bonchev–Trinajstić information content (AvgIpc) is 2.63. The topological polar surface area (TPSA) is 79.6 Å². The normalized spacial score (nSPS) is 10.6. The first-order valence-electron chi connectivity index (χ1n) is 4.73. The molecule has 2 aromatic heterocycles. The number of aromatic nitrogens is 5. The van der Waals surface area contributed by atoms with Crippen LogP contribution in [0.4, 0.5) is 0 Å².